The summed E-state index contributed by atoms with van der Waals surface area (Å²) in [6.07, 6.45) is -0.656. The summed E-state index contributed by atoms with van der Waals surface area (Å²) in [6.45, 7) is 11.1. The molecule has 0 radical (unpaired) electrons. The average Bonchev–Trinajstić information content (AvgIpc) is 2.89. The summed E-state index contributed by atoms with van der Waals surface area (Å²) in [5.41, 5.74) is 3.15. The van der Waals surface area contributed by atoms with Gasteiger partial charge in [-0.05, 0) is 52.7 Å². The highest BCUT2D eigenvalue weighted by Crippen LogP contribution is 2.58. The van der Waals surface area contributed by atoms with Gasteiger partial charge in [-0.25, -0.2) is 4.79 Å². The molecule has 1 amide bonds. The third-order valence-electron chi connectivity index (χ3n) is 5.79. The summed E-state index contributed by atoms with van der Waals surface area (Å²) in [6, 6.07) is 26.0. The van der Waals surface area contributed by atoms with E-state index in [2.05, 4.69) is 5.32 Å². The van der Waals surface area contributed by atoms with E-state index in [1.54, 1.807) is 34.6 Å². The van der Waals surface area contributed by atoms with Crippen LogP contribution < -0.4 is 5.32 Å². The Morgan fingerprint density at radius 3 is 1.79 bits per heavy atom. The van der Waals surface area contributed by atoms with Crippen molar-refractivity contribution in [3.8, 4) is 0 Å². The second-order valence-corrected chi connectivity index (χ2v) is 12.1. The molecule has 0 heterocycles. The molecule has 0 aliphatic rings. The van der Waals surface area contributed by atoms with Crippen LogP contribution in [0.2, 0.25) is 0 Å². The van der Waals surface area contributed by atoms with Crippen molar-refractivity contribution >= 4 is 19.4 Å². The van der Waals surface area contributed by atoms with Gasteiger partial charge in [0.05, 0.1) is 25.0 Å². The smallest absolute Gasteiger partial charge is 0.408 e. The zero-order chi connectivity index (χ0) is 28.5. The van der Waals surface area contributed by atoms with Gasteiger partial charge in [-0.2, -0.15) is 0 Å². The Morgan fingerprint density at radius 2 is 1.33 bits per heavy atom. The van der Waals surface area contributed by atoms with E-state index in [1.165, 1.54) is 0 Å². The Kier molecular flexibility index (Phi) is 10.6. The van der Waals surface area contributed by atoms with E-state index in [9.17, 15) is 9.36 Å². The Labute approximate surface area is 232 Å². The van der Waals surface area contributed by atoms with Crippen LogP contribution in [0.15, 0.2) is 89.9 Å². The van der Waals surface area contributed by atoms with Gasteiger partial charge in [-0.15, -0.1) is 0 Å². The van der Waals surface area contributed by atoms with Gasteiger partial charge in [-0.1, -0.05) is 84.9 Å². The van der Waals surface area contributed by atoms with Crippen LogP contribution in [0, 0.1) is 6.92 Å². The summed E-state index contributed by atoms with van der Waals surface area (Å²) in [5, 5.41) is 2.96. The van der Waals surface area contributed by atoms with Gasteiger partial charge in [-0.3, -0.25) is 9.56 Å². The van der Waals surface area contributed by atoms with Crippen molar-refractivity contribution in [2.45, 2.75) is 59.0 Å². The molecule has 0 aliphatic heterocycles. The van der Waals surface area contributed by atoms with Crippen LogP contribution in [-0.2, 0) is 18.3 Å². The van der Waals surface area contributed by atoms with Crippen LogP contribution >= 0.6 is 7.60 Å². The van der Waals surface area contributed by atoms with Crippen molar-refractivity contribution in [1.29, 1.82) is 0 Å². The first-order valence-corrected chi connectivity index (χ1v) is 14.8. The van der Waals surface area contributed by atoms with E-state index in [0.29, 0.717) is 5.71 Å². The quantitative estimate of drug-likeness (QED) is 0.195. The van der Waals surface area contributed by atoms with E-state index >= 15 is 0 Å². The van der Waals surface area contributed by atoms with Gasteiger partial charge in [0, 0.05) is 11.1 Å². The fourth-order valence-corrected chi connectivity index (χ4v) is 6.16. The summed E-state index contributed by atoms with van der Waals surface area (Å²) < 4.78 is 31.9. The zero-order valence-corrected chi connectivity index (χ0v) is 24.5. The molecule has 0 unspecified atom stereocenters. The van der Waals surface area contributed by atoms with Crippen LogP contribution in [0.1, 0.15) is 62.9 Å². The third kappa shape index (κ3) is 8.37. The molecule has 1 N–H and O–H groups in total. The van der Waals surface area contributed by atoms with Crippen molar-refractivity contribution < 1.29 is 23.1 Å². The molecule has 0 spiro atoms. The molecule has 0 saturated heterocycles. The first-order valence-electron chi connectivity index (χ1n) is 13.2. The molecule has 3 rings (SSSR count). The topological polar surface area (TPSA) is 86.2 Å². The Bertz CT molecular complexity index is 1240. The second kappa shape index (κ2) is 13.7. The third-order valence-corrected chi connectivity index (χ3v) is 8.09. The van der Waals surface area contributed by atoms with Crippen LogP contribution in [0.4, 0.5) is 4.79 Å². The minimum atomic E-state index is -3.93. The molecule has 3 aromatic rings. The van der Waals surface area contributed by atoms with Gasteiger partial charge in [0.25, 0.3) is 0 Å². The van der Waals surface area contributed by atoms with Crippen LogP contribution in [0.3, 0.4) is 0 Å². The average molecular weight is 551 g/mol. The number of hydrogen-bond acceptors (Lipinski definition) is 6. The van der Waals surface area contributed by atoms with E-state index in [1.807, 2.05) is 91.9 Å². The lowest BCUT2D eigenvalue weighted by atomic mass is 9.99. The van der Waals surface area contributed by atoms with Gasteiger partial charge in [0.2, 0.25) is 0 Å². The Morgan fingerprint density at radius 1 is 0.846 bits per heavy atom. The molecule has 39 heavy (non-hydrogen) atoms. The number of carbonyl (C=O) groups is 1. The predicted molar refractivity (Wildman–Crippen MR) is 156 cm³/mol. The summed E-state index contributed by atoms with van der Waals surface area (Å²) >= 11 is 0. The molecule has 0 aromatic heterocycles. The molecule has 8 heteroatoms. The van der Waals surface area contributed by atoms with Gasteiger partial charge in [0.1, 0.15) is 5.60 Å². The molecule has 0 aliphatic carbocycles. The normalized spacial score (nSPS) is 13.3. The molecular formula is C31H39N2O5P. The van der Waals surface area contributed by atoms with Crippen molar-refractivity contribution in [2.24, 2.45) is 4.99 Å². The van der Waals surface area contributed by atoms with Gasteiger partial charge in [0.15, 0.2) is 5.78 Å². The van der Waals surface area contributed by atoms with E-state index in [4.69, 9.17) is 18.8 Å². The maximum atomic E-state index is 14.6. The Balaban J connectivity index is 2.32. The standard InChI is InChI=1S/C31H39N2O5P/c1-7-36-39(35,37-8-2)29(32-27(24-18-11-9-12-19-24)25-20-13-10-14-21-25)28(26-22-16-15-17-23(26)3)33-30(34)38-31(4,5)6/h9-22,28-29H,7-8H2,1-6H3,(H,33,34)/t28-,29+/m1/s1. The lowest BCUT2D eigenvalue weighted by molar-refractivity contribution is 0.0499. The molecular weight excluding hydrogens is 511 g/mol. The highest BCUT2D eigenvalue weighted by Gasteiger charge is 2.44. The van der Waals surface area contributed by atoms with Crippen molar-refractivity contribution in [1.82, 2.24) is 5.32 Å². The minimum absolute atomic E-state index is 0.141. The minimum Gasteiger partial charge on any atom is -0.444 e. The molecule has 3 aromatic carbocycles. The molecule has 0 saturated carbocycles. The van der Waals surface area contributed by atoms with E-state index < -0.39 is 31.1 Å². The summed E-state index contributed by atoms with van der Waals surface area (Å²) in [7, 11) is -3.93. The highest BCUT2D eigenvalue weighted by atomic mass is 31.2. The number of hydrogen-bond donors (Lipinski definition) is 1. The van der Waals surface area contributed by atoms with Crippen molar-refractivity contribution in [3.05, 3.63) is 107 Å². The summed E-state index contributed by atoms with van der Waals surface area (Å²) in [5.74, 6) is -1.12. The number of amides is 1. The first-order chi connectivity index (χ1) is 18.6. The number of ether oxygens (including phenoxy) is 1. The number of alkyl carbamates (subject to hydrolysis) is 1. The second-order valence-electron chi connectivity index (χ2n) is 9.98. The highest BCUT2D eigenvalue weighted by molar-refractivity contribution is 7.54. The number of rotatable bonds is 11. The van der Waals surface area contributed by atoms with Crippen molar-refractivity contribution in [2.75, 3.05) is 13.2 Å². The number of carbonyl (C=O) groups excluding carboxylic acids is 1. The van der Waals surface area contributed by atoms with Crippen LogP contribution in [-0.4, -0.2) is 36.4 Å². The van der Waals surface area contributed by atoms with Crippen LogP contribution in [0.5, 0.6) is 0 Å². The Hall–Kier alpha value is -3.25. The maximum absolute atomic E-state index is 14.6. The number of aryl methyl sites for hydroxylation is 1. The molecule has 0 bridgehead atoms. The number of nitrogens with zero attached hydrogens (tertiary/aromatic N) is 1. The lowest BCUT2D eigenvalue weighted by Crippen LogP contribution is -2.40. The molecule has 2 atom stereocenters. The predicted octanol–water partition coefficient (Wildman–Crippen LogP) is 7.69. The first kappa shape index (κ1) is 30.3. The number of aliphatic imine (C=N–C) groups is 1. The van der Waals surface area contributed by atoms with Crippen molar-refractivity contribution in [3.63, 3.8) is 0 Å². The van der Waals surface area contributed by atoms with Crippen LogP contribution in [0.25, 0.3) is 0 Å². The lowest BCUT2D eigenvalue weighted by Gasteiger charge is -2.33. The van der Waals surface area contributed by atoms with Gasteiger partial charge < -0.3 is 19.1 Å². The van der Waals surface area contributed by atoms with E-state index in [-0.39, 0.29) is 13.2 Å². The van der Waals surface area contributed by atoms with E-state index in [0.717, 1.165) is 22.3 Å². The molecule has 0 fully saturated rings. The fourth-order valence-electron chi connectivity index (χ4n) is 4.20. The number of benzene rings is 3. The number of nitrogens with one attached hydrogen (secondary N) is 1. The SMILES string of the molecule is CCOP(=O)(OCC)[C@H](N=C(c1ccccc1)c1ccccc1)[C@H](NC(=O)OC(C)(C)C)c1ccccc1C. The zero-order valence-electron chi connectivity index (χ0n) is 23.6. The van der Waals surface area contributed by atoms with Gasteiger partial charge >= 0.3 is 13.7 Å². The summed E-state index contributed by atoms with van der Waals surface area (Å²) in [4.78, 5) is 18.3. The monoisotopic (exact) mass is 550 g/mol. The molecule has 208 valence electrons. The fraction of sp³-hybridized carbons (Fsp3) is 0.355. The largest absolute Gasteiger partial charge is 0.444 e. The maximum Gasteiger partial charge on any atom is 0.408 e. The molecule has 7 nitrogen and oxygen atoms in total.